The molecule has 0 fully saturated rings. The van der Waals surface area contributed by atoms with Crippen molar-refractivity contribution in [3.63, 3.8) is 0 Å². The summed E-state index contributed by atoms with van der Waals surface area (Å²) in [5.74, 6) is -2.02. The minimum atomic E-state index is -1.29. The van der Waals surface area contributed by atoms with Gasteiger partial charge in [0.05, 0.1) is 17.1 Å². The van der Waals surface area contributed by atoms with Gasteiger partial charge >= 0.3 is 0 Å². The van der Waals surface area contributed by atoms with E-state index < -0.39 is 16.8 Å². The highest BCUT2D eigenvalue weighted by molar-refractivity contribution is 5.98. The minimum absolute atomic E-state index is 0.0195. The third-order valence-electron chi connectivity index (χ3n) is 2.87. The number of nitro benzene ring substituents is 1. The minimum Gasteiger partial charge on any atom is -0.545 e. The van der Waals surface area contributed by atoms with Crippen LogP contribution in [0.15, 0.2) is 53.6 Å². The van der Waals surface area contributed by atoms with E-state index in [9.17, 15) is 24.8 Å². The first-order valence-electron chi connectivity index (χ1n) is 6.37. The second kappa shape index (κ2) is 6.94. The number of para-hydroxylation sites is 1. The van der Waals surface area contributed by atoms with Crippen molar-refractivity contribution in [1.29, 1.82) is 0 Å². The van der Waals surface area contributed by atoms with Crippen molar-refractivity contribution in [3.05, 3.63) is 75.3 Å². The standard InChI is InChI=1S/C15H11N3O5/c19-14(12-3-1-2-4-13(12)18(22)23)17-16-9-10-5-7-11(8-6-10)15(20)21/h1-9H,(H,17,19)(H,20,21)/p-1/b16-9-. The van der Waals surface area contributed by atoms with E-state index in [1.807, 2.05) is 0 Å². The van der Waals surface area contributed by atoms with Crippen LogP contribution in [0.4, 0.5) is 5.69 Å². The molecule has 0 radical (unpaired) electrons. The van der Waals surface area contributed by atoms with Crippen LogP contribution >= 0.6 is 0 Å². The molecule has 1 amide bonds. The average molecular weight is 312 g/mol. The number of carbonyl (C=O) groups excluding carboxylic acids is 2. The van der Waals surface area contributed by atoms with Crippen LogP contribution in [0.2, 0.25) is 0 Å². The fraction of sp³-hybridized carbons (Fsp3) is 0. The summed E-state index contributed by atoms with van der Waals surface area (Å²) < 4.78 is 0. The highest BCUT2D eigenvalue weighted by atomic mass is 16.6. The van der Waals surface area contributed by atoms with Gasteiger partial charge in [0.2, 0.25) is 0 Å². The largest absolute Gasteiger partial charge is 0.545 e. The molecule has 0 unspecified atom stereocenters. The lowest BCUT2D eigenvalue weighted by Gasteiger charge is -2.02. The smallest absolute Gasteiger partial charge is 0.282 e. The molecule has 0 aliphatic carbocycles. The number of aromatic carboxylic acids is 1. The van der Waals surface area contributed by atoms with Crippen molar-refractivity contribution in [3.8, 4) is 0 Å². The SMILES string of the molecule is O=C([O-])c1ccc(/C=N\NC(=O)c2ccccc2[N+](=O)[O-])cc1. The quantitative estimate of drug-likeness (QED) is 0.495. The molecule has 0 heterocycles. The molecule has 0 aromatic heterocycles. The van der Waals surface area contributed by atoms with Gasteiger partial charge < -0.3 is 9.90 Å². The van der Waals surface area contributed by atoms with E-state index in [1.54, 1.807) is 0 Å². The van der Waals surface area contributed by atoms with Crippen molar-refractivity contribution in [1.82, 2.24) is 5.43 Å². The number of hydrogen-bond donors (Lipinski definition) is 1. The van der Waals surface area contributed by atoms with E-state index in [1.165, 1.54) is 54.7 Å². The summed E-state index contributed by atoms with van der Waals surface area (Å²) in [7, 11) is 0. The van der Waals surface area contributed by atoms with Crippen LogP contribution in [0.25, 0.3) is 0 Å². The lowest BCUT2D eigenvalue weighted by molar-refractivity contribution is -0.385. The summed E-state index contributed by atoms with van der Waals surface area (Å²) >= 11 is 0. The van der Waals surface area contributed by atoms with Gasteiger partial charge in [-0.1, -0.05) is 36.4 Å². The van der Waals surface area contributed by atoms with Gasteiger partial charge in [0.15, 0.2) is 0 Å². The first kappa shape index (κ1) is 15.8. The Bertz CT molecular complexity index is 784. The summed E-state index contributed by atoms with van der Waals surface area (Å²) in [6, 6.07) is 11.1. The van der Waals surface area contributed by atoms with Gasteiger partial charge in [-0.25, -0.2) is 5.43 Å². The predicted molar refractivity (Wildman–Crippen MR) is 78.9 cm³/mol. The Morgan fingerprint density at radius 2 is 1.74 bits per heavy atom. The Labute approximate surface area is 130 Å². The van der Waals surface area contributed by atoms with Crippen molar-refractivity contribution < 1.29 is 19.6 Å². The number of hydrazone groups is 1. The molecular weight excluding hydrogens is 302 g/mol. The molecule has 0 atom stereocenters. The molecule has 0 saturated carbocycles. The monoisotopic (exact) mass is 312 g/mol. The van der Waals surface area contributed by atoms with Gasteiger partial charge in [0.1, 0.15) is 5.56 Å². The van der Waals surface area contributed by atoms with Crippen molar-refractivity contribution in [2.75, 3.05) is 0 Å². The number of nitrogens with one attached hydrogen (secondary N) is 1. The maximum absolute atomic E-state index is 11.9. The van der Waals surface area contributed by atoms with Crippen molar-refractivity contribution in [2.45, 2.75) is 0 Å². The molecule has 0 saturated heterocycles. The lowest BCUT2D eigenvalue weighted by atomic mass is 10.1. The van der Waals surface area contributed by atoms with E-state index in [2.05, 4.69) is 10.5 Å². The molecular formula is C15H10N3O5-. The Hall–Kier alpha value is -3.55. The highest BCUT2D eigenvalue weighted by Gasteiger charge is 2.18. The van der Waals surface area contributed by atoms with E-state index in [-0.39, 0.29) is 16.8 Å². The molecule has 0 bridgehead atoms. The lowest BCUT2D eigenvalue weighted by Crippen LogP contribution is -2.22. The Balaban J connectivity index is 2.07. The third-order valence-corrected chi connectivity index (χ3v) is 2.87. The van der Waals surface area contributed by atoms with Crippen LogP contribution < -0.4 is 10.5 Å². The summed E-state index contributed by atoms with van der Waals surface area (Å²) in [6.07, 6.45) is 1.28. The van der Waals surface area contributed by atoms with Gasteiger partial charge in [0.25, 0.3) is 11.6 Å². The number of carboxylic acid groups (broad SMARTS) is 1. The van der Waals surface area contributed by atoms with E-state index >= 15 is 0 Å². The van der Waals surface area contributed by atoms with Crippen LogP contribution in [0.3, 0.4) is 0 Å². The van der Waals surface area contributed by atoms with Crippen LogP contribution in [-0.4, -0.2) is 23.0 Å². The van der Waals surface area contributed by atoms with Crippen LogP contribution in [0.5, 0.6) is 0 Å². The van der Waals surface area contributed by atoms with E-state index in [0.29, 0.717) is 5.56 Å². The van der Waals surface area contributed by atoms with Crippen molar-refractivity contribution in [2.24, 2.45) is 5.10 Å². The zero-order valence-electron chi connectivity index (χ0n) is 11.6. The second-order valence-corrected chi connectivity index (χ2v) is 4.38. The Morgan fingerprint density at radius 1 is 1.09 bits per heavy atom. The molecule has 8 nitrogen and oxygen atoms in total. The summed E-state index contributed by atoms with van der Waals surface area (Å²) in [6.45, 7) is 0. The number of hydrogen-bond acceptors (Lipinski definition) is 6. The molecule has 0 aliphatic heterocycles. The number of rotatable bonds is 5. The van der Waals surface area contributed by atoms with E-state index in [4.69, 9.17) is 0 Å². The first-order chi connectivity index (χ1) is 11.0. The van der Waals surface area contributed by atoms with Gasteiger partial charge in [-0.2, -0.15) is 5.10 Å². The van der Waals surface area contributed by atoms with Gasteiger partial charge in [0, 0.05) is 6.07 Å². The number of carboxylic acids is 1. The first-order valence-corrected chi connectivity index (χ1v) is 6.37. The third kappa shape index (κ3) is 3.97. The number of nitrogens with zero attached hydrogens (tertiary/aromatic N) is 2. The maximum Gasteiger partial charge on any atom is 0.282 e. The zero-order valence-corrected chi connectivity index (χ0v) is 11.6. The molecule has 1 N–H and O–H groups in total. The van der Waals surface area contributed by atoms with E-state index in [0.717, 1.165) is 0 Å². The molecule has 0 aliphatic rings. The molecule has 2 rings (SSSR count). The molecule has 0 spiro atoms. The Morgan fingerprint density at radius 3 is 2.35 bits per heavy atom. The summed E-state index contributed by atoms with van der Waals surface area (Å²) in [5, 5.41) is 25.1. The molecule has 116 valence electrons. The molecule has 8 heteroatoms. The zero-order chi connectivity index (χ0) is 16.8. The maximum atomic E-state index is 11.9. The summed E-state index contributed by atoms with van der Waals surface area (Å²) in [5.41, 5.74) is 2.31. The average Bonchev–Trinajstić information content (AvgIpc) is 2.55. The van der Waals surface area contributed by atoms with Gasteiger partial charge in [-0.05, 0) is 17.2 Å². The topological polar surface area (TPSA) is 125 Å². The van der Waals surface area contributed by atoms with Crippen molar-refractivity contribution >= 4 is 23.8 Å². The fourth-order valence-electron chi connectivity index (χ4n) is 1.76. The van der Waals surface area contributed by atoms with Crippen LogP contribution in [0, 0.1) is 10.1 Å². The fourth-order valence-corrected chi connectivity index (χ4v) is 1.76. The van der Waals surface area contributed by atoms with Gasteiger partial charge in [-0.3, -0.25) is 14.9 Å². The van der Waals surface area contributed by atoms with Crippen LogP contribution in [0.1, 0.15) is 26.3 Å². The highest BCUT2D eigenvalue weighted by Crippen LogP contribution is 2.17. The molecule has 23 heavy (non-hydrogen) atoms. The predicted octanol–water partition coefficient (Wildman–Crippen LogP) is 0.722. The molecule has 2 aromatic rings. The summed E-state index contributed by atoms with van der Waals surface area (Å²) in [4.78, 5) is 32.7. The van der Waals surface area contributed by atoms with Gasteiger partial charge in [-0.15, -0.1) is 0 Å². The number of benzene rings is 2. The number of amides is 1. The molecule has 2 aromatic carbocycles. The number of nitro groups is 1. The normalized spacial score (nSPS) is 10.4. The second-order valence-electron chi connectivity index (χ2n) is 4.38. The van der Waals surface area contributed by atoms with Crippen LogP contribution in [-0.2, 0) is 0 Å². The number of carbonyl (C=O) groups is 2. The Kier molecular flexibility index (Phi) is 4.78.